The van der Waals surface area contributed by atoms with E-state index in [0.717, 1.165) is 22.4 Å². The molecular formula is C16H16N6O. The summed E-state index contributed by atoms with van der Waals surface area (Å²) in [5.74, 6) is 0.264. The minimum Gasteiger partial charge on any atom is -0.324 e. The van der Waals surface area contributed by atoms with Gasteiger partial charge in [-0.2, -0.15) is 4.80 Å². The summed E-state index contributed by atoms with van der Waals surface area (Å²) in [6, 6.07) is 9.47. The van der Waals surface area contributed by atoms with Crippen LogP contribution in [0, 0.1) is 13.8 Å². The Morgan fingerprint density at radius 1 is 1.13 bits per heavy atom. The summed E-state index contributed by atoms with van der Waals surface area (Å²) < 4.78 is 0. The maximum absolute atomic E-state index is 12.1. The Hall–Kier alpha value is -3.09. The fourth-order valence-electron chi connectivity index (χ4n) is 2.30. The molecule has 0 spiro atoms. The number of hydrogen-bond acceptors (Lipinski definition) is 5. The Kier molecular flexibility index (Phi) is 4.09. The van der Waals surface area contributed by atoms with E-state index >= 15 is 0 Å². The highest BCUT2D eigenvalue weighted by atomic mass is 16.2. The van der Waals surface area contributed by atoms with Gasteiger partial charge in [-0.1, -0.05) is 6.07 Å². The lowest BCUT2D eigenvalue weighted by Crippen LogP contribution is -2.20. The molecular weight excluding hydrogens is 292 g/mol. The van der Waals surface area contributed by atoms with E-state index in [1.54, 1.807) is 24.5 Å². The number of benzene rings is 1. The van der Waals surface area contributed by atoms with Crippen LogP contribution < -0.4 is 5.32 Å². The first-order valence-corrected chi connectivity index (χ1v) is 7.16. The van der Waals surface area contributed by atoms with Crippen LogP contribution in [0.5, 0.6) is 0 Å². The Morgan fingerprint density at radius 2 is 1.83 bits per heavy atom. The van der Waals surface area contributed by atoms with Crippen LogP contribution in [0.25, 0.3) is 11.4 Å². The summed E-state index contributed by atoms with van der Waals surface area (Å²) >= 11 is 0. The van der Waals surface area contributed by atoms with Crippen LogP contribution in [-0.4, -0.2) is 31.1 Å². The normalized spacial score (nSPS) is 10.5. The average Bonchev–Trinajstić information content (AvgIpc) is 2.95. The Balaban J connectivity index is 1.68. The minimum absolute atomic E-state index is 0.00503. The summed E-state index contributed by atoms with van der Waals surface area (Å²) in [5, 5.41) is 14.9. The van der Waals surface area contributed by atoms with E-state index in [2.05, 4.69) is 31.8 Å². The van der Waals surface area contributed by atoms with Gasteiger partial charge in [-0.05, 0) is 54.5 Å². The van der Waals surface area contributed by atoms with Gasteiger partial charge in [0, 0.05) is 23.6 Å². The van der Waals surface area contributed by atoms with E-state index in [9.17, 15) is 4.79 Å². The molecule has 1 aromatic carbocycles. The first-order valence-electron chi connectivity index (χ1n) is 7.16. The van der Waals surface area contributed by atoms with Gasteiger partial charge in [-0.3, -0.25) is 9.78 Å². The number of rotatable bonds is 4. The molecule has 116 valence electrons. The zero-order valence-electron chi connectivity index (χ0n) is 12.9. The molecule has 1 amide bonds. The van der Waals surface area contributed by atoms with Gasteiger partial charge in [0.1, 0.15) is 6.54 Å². The molecule has 23 heavy (non-hydrogen) atoms. The number of pyridine rings is 1. The van der Waals surface area contributed by atoms with E-state index in [1.807, 2.05) is 26.0 Å². The van der Waals surface area contributed by atoms with E-state index < -0.39 is 0 Å². The Morgan fingerprint density at radius 3 is 2.52 bits per heavy atom. The summed E-state index contributed by atoms with van der Waals surface area (Å²) in [4.78, 5) is 17.3. The molecule has 2 aromatic heterocycles. The molecule has 0 unspecified atom stereocenters. The lowest BCUT2D eigenvalue weighted by molar-refractivity contribution is -0.117. The van der Waals surface area contributed by atoms with Crippen molar-refractivity contribution < 1.29 is 4.79 Å². The van der Waals surface area contributed by atoms with Gasteiger partial charge in [0.15, 0.2) is 0 Å². The molecule has 0 atom stereocenters. The Labute approximate surface area is 133 Å². The van der Waals surface area contributed by atoms with Crippen molar-refractivity contribution in [3.63, 3.8) is 0 Å². The first-order chi connectivity index (χ1) is 11.1. The van der Waals surface area contributed by atoms with Crippen molar-refractivity contribution >= 4 is 11.6 Å². The largest absolute Gasteiger partial charge is 0.324 e. The number of carbonyl (C=O) groups is 1. The van der Waals surface area contributed by atoms with Crippen molar-refractivity contribution in [2.24, 2.45) is 0 Å². The molecule has 3 rings (SSSR count). The van der Waals surface area contributed by atoms with Crippen LogP contribution in [0.4, 0.5) is 5.69 Å². The second-order valence-corrected chi connectivity index (χ2v) is 5.30. The second kappa shape index (κ2) is 6.35. The highest BCUT2D eigenvalue weighted by molar-refractivity contribution is 5.90. The number of nitrogens with zero attached hydrogens (tertiary/aromatic N) is 5. The lowest BCUT2D eigenvalue weighted by Gasteiger charge is -2.06. The van der Waals surface area contributed by atoms with Gasteiger partial charge in [0.2, 0.25) is 11.7 Å². The molecule has 7 nitrogen and oxygen atoms in total. The summed E-state index contributed by atoms with van der Waals surface area (Å²) in [6.07, 6.45) is 3.31. The number of hydrogen-bond donors (Lipinski definition) is 1. The van der Waals surface area contributed by atoms with Crippen molar-refractivity contribution in [2.75, 3.05) is 5.32 Å². The maximum Gasteiger partial charge on any atom is 0.248 e. The van der Waals surface area contributed by atoms with E-state index in [-0.39, 0.29) is 12.5 Å². The molecule has 1 N–H and O–H groups in total. The van der Waals surface area contributed by atoms with Gasteiger partial charge < -0.3 is 5.32 Å². The van der Waals surface area contributed by atoms with Crippen molar-refractivity contribution in [3.05, 3.63) is 53.9 Å². The summed E-state index contributed by atoms with van der Waals surface area (Å²) in [7, 11) is 0. The van der Waals surface area contributed by atoms with Crippen molar-refractivity contribution in [2.45, 2.75) is 20.4 Å². The summed E-state index contributed by atoms with van der Waals surface area (Å²) in [5.41, 5.74) is 3.77. The smallest absolute Gasteiger partial charge is 0.248 e. The molecule has 0 fully saturated rings. The molecule has 0 saturated carbocycles. The van der Waals surface area contributed by atoms with Gasteiger partial charge >= 0.3 is 0 Å². The van der Waals surface area contributed by atoms with Crippen molar-refractivity contribution in [1.82, 2.24) is 25.2 Å². The first kappa shape index (κ1) is 14.8. The van der Waals surface area contributed by atoms with Crippen LogP contribution in [0.15, 0.2) is 42.7 Å². The standard InChI is InChI=1S/C16H16N6O/c1-11-7-12(2)9-14(8-11)18-15(23)10-22-20-16(19-21-22)13-3-5-17-6-4-13/h3-9H,10H2,1-2H3,(H,18,23). The number of aryl methyl sites for hydroxylation is 2. The quantitative estimate of drug-likeness (QED) is 0.796. The van der Waals surface area contributed by atoms with Gasteiger partial charge in [0.25, 0.3) is 0 Å². The fourth-order valence-corrected chi connectivity index (χ4v) is 2.30. The van der Waals surface area contributed by atoms with E-state index in [4.69, 9.17) is 0 Å². The molecule has 7 heteroatoms. The molecule has 3 aromatic rings. The topological polar surface area (TPSA) is 85.6 Å². The summed E-state index contributed by atoms with van der Waals surface area (Å²) in [6.45, 7) is 3.98. The number of tetrazole rings is 1. The number of carbonyl (C=O) groups excluding carboxylic acids is 1. The van der Waals surface area contributed by atoms with Gasteiger partial charge in [-0.25, -0.2) is 0 Å². The highest BCUT2D eigenvalue weighted by Crippen LogP contribution is 2.14. The molecule has 0 aliphatic heterocycles. The van der Waals surface area contributed by atoms with Crippen LogP contribution in [0.2, 0.25) is 0 Å². The highest BCUT2D eigenvalue weighted by Gasteiger charge is 2.09. The predicted octanol–water partition coefficient (Wildman–Crippen LogP) is 1.99. The fraction of sp³-hybridized carbons (Fsp3) is 0.188. The van der Waals surface area contributed by atoms with E-state index in [0.29, 0.717) is 5.82 Å². The molecule has 0 radical (unpaired) electrons. The van der Waals surface area contributed by atoms with Gasteiger partial charge in [-0.15, -0.1) is 10.2 Å². The number of anilines is 1. The monoisotopic (exact) mass is 308 g/mol. The zero-order chi connectivity index (χ0) is 16.2. The van der Waals surface area contributed by atoms with Gasteiger partial charge in [0.05, 0.1) is 0 Å². The number of aromatic nitrogens is 5. The molecule has 0 aliphatic rings. The van der Waals surface area contributed by atoms with Crippen molar-refractivity contribution in [1.29, 1.82) is 0 Å². The zero-order valence-corrected chi connectivity index (χ0v) is 12.9. The molecule has 0 bridgehead atoms. The third kappa shape index (κ3) is 3.76. The molecule has 0 aliphatic carbocycles. The van der Waals surface area contributed by atoms with Crippen LogP contribution in [0.1, 0.15) is 11.1 Å². The van der Waals surface area contributed by atoms with Crippen LogP contribution in [-0.2, 0) is 11.3 Å². The third-order valence-electron chi connectivity index (χ3n) is 3.18. The SMILES string of the molecule is Cc1cc(C)cc(NC(=O)Cn2nnc(-c3ccncc3)n2)c1. The predicted molar refractivity (Wildman–Crippen MR) is 85.6 cm³/mol. The Bertz CT molecular complexity index is 807. The average molecular weight is 308 g/mol. The minimum atomic E-state index is -0.200. The number of nitrogens with one attached hydrogen (secondary N) is 1. The maximum atomic E-state index is 12.1. The van der Waals surface area contributed by atoms with Crippen molar-refractivity contribution in [3.8, 4) is 11.4 Å². The number of amides is 1. The van der Waals surface area contributed by atoms with E-state index in [1.165, 1.54) is 4.80 Å². The van der Waals surface area contributed by atoms with Crippen LogP contribution >= 0.6 is 0 Å². The second-order valence-electron chi connectivity index (χ2n) is 5.30. The molecule has 0 saturated heterocycles. The lowest BCUT2D eigenvalue weighted by atomic mass is 10.1. The third-order valence-corrected chi connectivity index (χ3v) is 3.18. The molecule has 2 heterocycles. The van der Waals surface area contributed by atoms with Crippen LogP contribution in [0.3, 0.4) is 0 Å².